The third kappa shape index (κ3) is 23.2. The van der Waals surface area contributed by atoms with E-state index in [-0.39, 0.29) is 69.6 Å². The van der Waals surface area contributed by atoms with Crippen LogP contribution in [0.3, 0.4) is 0 Å². The highest BCUT2D eigenvalue weighted by molar-refractivity contribution is 5.99. The van der Waals surface area contributed by atoms with Gasteiger partial charge in [-0.05, 0) is 84.5 Å². The van der Waals surface area contributed by atoms with Gasteiger partial charge in [0.05, 0.1) is 12.5 Å². The Morgan fingerprint density at radius 2 is 0.986 bits per heavy atom. The Morgan fingerprint density at radius 1 is 0.548 bits per heavy atom. The third-order valence-electron chi connectivity index (χ3n) is 11.3. The van der Waals surface area contributed by atoms with Gasteiger partial charge in [-0.15, -0.1) is 0 Å². The number of nitrogens with two attached hydrogens (primary N) is 5. The summed E-state index contributed by atoms with van der Waals surface area (Å²) in [4.78, 5) is 152. The molecule has 20 N–H and O–H groups in total. The molecule has 1 saturated heterocycles. The Morgan fingerprint density at radius 3 is 1.48 bits per heavy atom. The van der Waals surface area contributed by atoms with Crippen molar-refractivity contribution in [3.05, 3.63) is 0 Å². The zero-order valence-corrected chi connectivity index (χ0v) is 42.8. The SMILES string of the molecule is CC(C)C[C@H](NC(=O)[C@H](C)NC(=O)[C@H](C)NC(=O)[C@@H](NC(=O)[C@@H](N)CCCN=C(N)N)C(C)C)C(=O)N[C@@H](C)C(=O)N[C@@H](CCCN=C(N)N)C(=O)N[C@@H](CC(=O)O)C(=O)N[C@@H](C)C(=O)N1CCC[C@H]1C(=O)O. The Balaban J connectivity index is 3.08. The lowest BCUT2D eigenvalue weighted by molar-refractivity contribution is -0.149. The van der Waals surface area contributed by atoms with Gasteiger partial charge in [0.25, 0.3) is 0 Å². The van der Waals surface area contributed by atoms with Gasteiger partial charge in [-0.2, -0.15) is 0 Å². The highest BCUT2D eigenvalue weighted by atomic mass is 16.4. The minimum Gasteiger partial charge on any atom is -0.481 e. The van der Waals surface area contributed by atoms with E-state index in [1.54, 1.807) is 27.7 Å². The molecule has 1 fully saturated rings. The first-order valence-electron chi connectivity index (χ1n) is 24.0. The average molecular weight is 1040 g/mol. The molecule has 1 rings (SSSR count). The molecular formula is C44H78N16O13. The molecule has 1 aliphatic rings. The predicted molar refractivity (Wildman–Crippen MR) is 265 cm³/mol. The summed E-state index contributed by atoms with van der Waals surface area (Å²) in [5.74, 6) is -11.2. The van der Waals surface area contributed by atoms with Gasteiger partial charge in [0, 0.05) is 19.6 Å². The van der Waals surface area contributed by atoms with Crippen molar-refractivity contribution >= 4 is 77.0 Å². The second-order valence-corrected chi connectivity index (χ2v) is 18.6. The summed E-state index contributed by atoms with van der Waals surface area (Å²) < 4.78 is 0. The standard InChI is InChI=1S/C44H78N16O13/c1-20(2)18-28(57-35(65)23(6)52-33(63)22(5)54-40(70)32(21(3)4)59-36(66)26(45)12-9-15-50-43(46)47)38(68)53-24(7)34(64)56-27(13-10-16-51-44(48)49)37(67)58-29(19-31(61)62)39(69)55-25(8)41(71)60-17-11-14-30(60)42(72)73/h20-30,32H,9-19,45H2,1-8H3,(H,52,63)(H,53,68)(H,54,70)(H,55,69)(H,56,64)(H,57,65)(H,58,67)(H,59,66)(H,61,62)(H,72,73)(H4,46,47,50)(H4,48,49,51)/t22-,23-,24-,25-,26-,27-,28-,29-,30-,32-/m0/s1. The number of likely N-dealkylation sites (tertiary alicyclic amines) is 1. The summed E-state index contributed by atoms with van der Waals surface area (Å²) in [6.07, 6.45) is 0.265. The first-order valence-corrected chi connectivity index (χ1v) is 24.0. The van der Waals surface area contributed by atoms with Crippen LogP contribution in [0.25, 0.3) is 0 Å². The van der Waals surface area contributed by atoms with Crippen LogP contribution < -0.4 is 71.2 Å². The molecule has 10 atom stereocenters. The molecule has 29 nitrogen and oxygen atoms in total. The van der Waals surface area contributed by atoms with Crippen molar-refractivity contribution in [1.82, 2.24) is 47.4 Å². The molecular weight excluding hydrogens is 961 g/mol. The largest absolute Gasteiger partial charge is 0.481 e. The van der Waals surface area contributed by atoms with Gasteiger partial charge in [-0.25, -0.2) is 4.79 Å². The Labute approximate surface area is 423 Å². The van der Waals surface area contributed by atoms with Crippen molar-refractivity contribution in [3.8, 4) is 0 Å². The quantitative estimate of drug-likeness (QED) is 0.0175. The maximum atomic E-state index is 13.7. The molecule has 1 heterocycles. The number of nitrogens with zero attached hydrogens (tertiary/aromatic N) is 3. The van der Waals surface area contributed by atoms with E-state index >= 15 is 0 Å². The van der Waals surface area contributed by atoms with Crippen molar-refractivity contribution in [3.63, 3.8) is 0 Å². The van der Waals surface area contributed by atoms with Crippen LogP contribution in [-0.2, 0) is 52.7 Å². The van der Waals surface area contributed by atoms with Gasteiger partial charge in [0.15, 0.2) is 11.9 Å². The van der Waals surface area contributed by atoms with Crippen LogP contribution >= 0.6 is 0 Å². The molecule has 412 valence electrons. The van der Waals surface area contributed by atoms with Crippen LogP contribution in [0.2, 0.25) is 0 Å². The molecule has 9 amide bonds. The number of aliphatic imine (C=N–C) groups is 2. The van der Waals surface area contributed by atoms with Gasteiger partial charge in [0.1, 0.15) is 54.4 Å². The summed E-state index contributed by atoms with van der Waals surface area (Å²) in [5, 5.41) is 38.8. The number of carbonyl (C=O) groups excluding carboxylic acids is 9. The van der Waals surface area contributed by atoms with Crippen molar-refractivity contribution in [2.24, 2.45) is 50.5 Å². The Hall–Kier alpha value is -7.33. The molecule has 0 aromatic rings. The number of guanidine groups is 2. The number of nitrogens with one attached hydrogen (secondary N) is 8. The lowest BCUT2D eigenvalue weighted by Crippen LogP contribution is -2.60. The second kappa shape index (κ2) is 31.2. The molecule has 0 spiro atoms. The maximum Gasteiger partial charge on any atom is 0.326 e. The highest BCUT2D eigenvalue weighted by Crippen LogP contribution is 2.19. The number of aliphatic carboxylic acids is 2. The fourth-order valence-electron chi connectivity index (χ4n) is 7.23. The van der Waals surface area contributed by atoms with Crippen LogP contribution in [0.15, 0.2) is 9.98 Å². The van der Waals surface area contributed by atoms with Gasteiger partial charge >= 0.3 is 11.9 Å². The number of carboxylic acid groups (broad SMARTS) is 2. The normalized spacial score (nSPS) is 16.8. The Bertz CT molecular complexity index is 2030. The molecule has 29 heteroatoms. The maximum absolute atomic E-state index is 13.7. The van der Waals surface area contributed by atoms with E-state index < -0.39 is 138 Å². The number of hydrogen-bond donors (Lipinski definition) is 15. The van der Waals surface area contributed by atoms with Crippen molar-refractivity contribution < 1.29 is 63.0 Å². The molecule has 0 saturated carbocycles. The van der Waals surface area contributed by atoms with E-state index in [0.29, 0.717) is 12.8 Å². The lowest BCUT2D eigenvalue weighted by Gasteiger charge is -2.27. The molecule has 0 unspecified atom stereocenters. The zero-order chi connectivity index (χ0) is 55.9. The van der Waals surface area contributed by atoms with E-state index in [2.05, 4.69) is 52.5 Å². The third-order valence-corrected chi connectivity index (χ3v) is 11.3. The van der Waals surface area contributed by atoms with Crippen molar-refractivity contribution in [1.29, 1.82) is 0 Å². The number of amides is 9. The smallest absolute Gasteiger partial charge is 0.326 e. The highest BCUT2D eigenvalue weighted by Gasteiger charge is 2.38. The van der Waals surface area contributed by atoms with E-state index in [9.17, 15) is 63.0 Å². The van der Waals surface area contributed by atoms with E-state index in [4.69, 9.17) is 28.7 Å². The summed E-state index contributed by atoms with van der Waals surface area (Å²) in [5.41, 5.74) is 27.4. The van der Waals surface area contributed by atoms with Gasteiger partial charge in [0.2, 0.25) is 53.2 Å². The minimum atomic E-state index is -1.78. The summed E-state index contributed by atoms with van der Waals surface area (Å²) >= 11 is 0. The molecule has 1 aliphatic heterocycles. The average Bonchev–Trinajstić information content (AvgIpc) is 3.79. The van der Waals surface area contributed by atoms with Crippen LogP contribution in [0.1, 0.15) is 107 Å². The van der Waals surface area contributed by atoms with Crippen LogP contribution in [0.5, 0.6) is 0 Å². The fraction of sp³-hybridized carbons (Fsp3) is 0.705. The van der Waals surface area contributed by atoms with Gasteiger partial charge < -0.3 is 86.3 Å². The van der Waals surface area contributed by atoms with Crippen LogP contribution in [0.4, 0.5) is 0 Å². The minimum absolute atomic E-state index is 0.0112. The van der Waals surface area contributed by atoms with E-state index in [1.165, 1.54) is 27.7 Å². The zero-order valence-electron chi connectivity index (χ0n) is 42.8. The molecule has 0 aromatic heterocycles. The number of hydrogen-bond acceptors (Lipinski definition) is 14. The number of carboxylic acids is 2. The number of rotatable bonds is 31. The Kier molecular flexibility index (Phi) is 27.2. The second-order valence-electron chi connectivity index (χ2n) is 18.6. The molecule has 0 aromatic carbocycles. The predicted octanol–water partition coefficient (Wildman–Crippen LogP) is -5.37. The first kappa shape index (κ1) is 63.7. The molecule has 0 aliphatic carbocycles. The summed E-state index contributed by atoms with van der Waals surface area (Å²) in [6.45, 7) is 12.5. The van der Waals surface area contributed by atoms with Crippen molar-refractivity contribution in [2.45, 2.75) is 167 Å². The monoisotopic (exact) mass is 1040 g/mol. The van der Waals surface area contributed by atoms with Gasteiger partial charge in [-0.1, -0.05) is 27.7 Å². The van der Waals surface area contributed by atoms with Gasteiger partial charge in [-0.3, -0.25) is 57.9 Å². The van der Waals surface area contributed by atoms with Crippen LogP contribution in [-0.4, -0.2) is 172 Å². The first-order chi connectivity index (χ1) is 34.0. The summed E-state index contributed by atoms with van der Waals surface area (Å²) in [7, 11) is 0. The van der Waals surface area contributed by atoms with Crippen LogP contribution in [0, 0.1) is 11.8 Å². The fourth-order valence-corrected chi connectivity index (χ4v) is 7.23. The van der Waals surface area contributed by atoms with Crippen molar-refractivity contribution in [2.75, 3.05) is 19.6 Å². The summed E-state index contributed by atoms with van der Waals surface area (Å²) in [6, 6.07) is -12.8. The van der Waals surface area contributed by atoms with E-state index in [0.717, 1.165) is 4.90 Å². The molecule has 73 heavy (non-hydrogen) atoms. The lowest BCUT2D eigenvalue weighted by atomic mass is 10.0. The number of carbonyl (C=O) groups is 11. The van der Waals surface area contributed by atoms with E-state index in [1.807, 2.05) is 0 Å². The molecule has 0 bridgehead atoms. The molecule has 0 radical (unpaired) electrons. The topological polar surface area (TPSA) is 483 Å².